The molecule has 2 aliphatic heterocycles. The van der Waals surface area contributed by atoms with Gasteiger partial charge in [0, 0.05) is 32.1 Å². The highest BCUT2D eigenvalue weighted by atomic mass is 16.2. The Kier molecular flexibility index (Phi) is 5.04. The Bertz CT molecular complexity index is 415. The Balaban J connectivity index is 1.59. The minimum Gasteiger partial charge on any atom is -0.342 e. The van der Waals surface area contributed by atoms with Crippen LogP contribution in [0.3, 0.4) is 0 Å². The lowest BCUT2D eigenvalue weighted by Crippen LogP contribution is -2.43. The molecule has 4 nitrogen and oxygen atoms in total. The Morgan fingerprint density at radius 1 is 1.00 bits per heavy atom. The molecule has 0 bridgehead atoms. The molecule has 0 aromatic carbocycles. The molecule has 3 fully saturated rings. The van der Waals surface area contributed by atoms with Crippen LogP contribution in [-0.4, -0.2) is 47.3 Å². The van der Waals surface area contributed by atoms with Crippen LogP contribution in [0.15, 0.2) is 0 Å². The van der Waals surface area contributed by atoms with E-state index >= 15 is 0 Å². The van der Waals surface area contributed by atoms with Gasteiger partial charge in [-0.2, -0.15) is 0 Å². The van der Waals surface area contributed by atoms with E-state index in [1.54, 1.807) is 0 Å². The number of likely N-dealkylation sites (tertiary alicyclic amines) is 2. The molecule has 4 heteroatoms. The minimum atomic E-state index is -0.0824. The monoisotopic (exact) mass is 306 g/mol. The van der Waals surface area contributed by atoms with Gasteiger partial charge in [0.1, 0.15) is 0 Å². The summed E-state index contributed by atoms with van der Waals surface area (Å²) in [5.41, 5.74) is 0. The van der Waals surface area contributed by atoms with Crippen molar-refractivity contribution in [2.75, 3.05) is 19.6 Å². The first-order valence-electron chi connectivity index (χ1n) is 9.23. The van der Waals surface area contributed by atoms with Gasteiger partial charge >= 0.3 is 0 Å². The van der Waals surface area contributed by atoms with Gasteiger partial charge in [0.2, 0.25) is 11.8 Å². The highest BCUT2D eigenvalue weighted by molar-refractivity contribution is 5.89. The highest BCUT2D eigenvalue weighted by Gasteiger charge is 2.39. The Morgan fingerprint density at radius 2 is 1.73 bits per heavy atom. The summed E-state index contributed by atoms with van der Waals surface area (Å²) in [5, 5.41) is 0. The zero-order chi connectivity index (χ0) is 15.5. The molecule has 0 N–H and O–H groups in total. The summed E-state index contributed by atoms with van der Waals surface area (Å²) < 4.78 is 0. The molecule has 0 radical (unpaired) electrons. The lowest BCUT2D eigenvalue weighted by molar-refractivity contribution is -0.137. The second-order valence-corrected chi connectivity index (χ2v) is 7.62. The van der Waals surface area contributed by atoms with Crippen molar-refractivity contribution in [1.82, 2.24) is 9.80 Å². The smallest absolute Gasteiger partial charge is 0.228 e. The minimum absolute atomic E-state index is 0.0824. The van der Waals surface area contributed by atoms with Crippen molar-refractivity contribution < 1.29 is 9.59 Å². The van der Waals surface area contributed by atoms with E-state index in [1.165, 1.54) is 32.1 Å². The van der Waals surface area contributed by atoms with Gasteiger partial charge < -0.3 is 9.80 Å². The molecule has 2 atom stereocenters. The standard InChI is InChI=1S/C18H30N2O2/c1-14-7-6-10-19(12-14)18(22)15-11-17(21)20(13-15)16-8-4-2-3-5-9-16/h14-16H,2-13H2,1H3. The van der Waals surface area contributed by atoms with E-state index in [9.17, 15) is 9.59 Å². The van der Waals surface area contributed by atoms with E-state index in [0.717, 1.165) is 32.4 Å². The number of nitrogens with zero attached hydrogens (tertiary/aromatic N) is 2. The maximum atomic E-state index is 12.7. The number of amides is 2. The van der Waals surface area contributed by atoms with Crippen LogP contribution in [0.4, 0.5) is 0 Å². The van der Waals surface area contributed by atoms with E-state index < -0.39 is 0 Å². The lowest BCUT2D eigenvalue weighted by Gasteiger charge is -2.33. The molecule has 0 aromatic rings. The fraction of sp³-hybridized carbons (Fsp3) is 0.889. The number of piperidine rings is 1. The summed E-state index contributed by atoms with van der Waals surface area (Å²) >= 11 is 0. The second-order valence-electron chi connectivity index (χ2n) is 7.62. The topological polar surface area (TPSA) is 40.6 Å². The summed E-state index contributed by atoms with van der Waals surface area (Å²) in [6, 6.07) is 0.396. The van der Waals surface area contributed by atoms with Crippen molar-refractivity contribution >= 4 is 11.8 Å². The summed E-state index contributed by atoms with van der Waals surface area (Å²) in [5.74, 6) is 0.972. The normalized spacial score (nSPS) is 31.4. The third kappa shape index (κ3) is 3.47. The first-order chi connectivity index (χ1) is 10.6. The van der Waals surface area contributed by atoms with Crippen molar-refractivity contribution in [1.29, 1.82) is 0 Å². The summed E-state index contributed by atoms with van der Waals surface area (Å²) in [4.78, 5) is 29.2. The summed E-state index contributed by atoms with van der Waals surface area (Å²) in [7, 11) is 0. The number of hydrogen-bond donors (Lipinski definition) is 0. The fourth-order valence-corrected chi connectivity index (χ4v) is 4.47. The molecule has 2 heterocycles. The van der Waals surface area contributed by atoms with Gasteiger partial charge in [-0.15, -0.1) is 0 Å². The van der Waals surface area contributed by atoms with Gasteiger partial charge in [-0.05, 0) is 31.6 Å². The molecule has 3 aliphatic rings. The van der Waals surface area contributed by atoms with Crippen LogP contribution in [0.2, 0.25) is 0 Å². The Hall–Kier alpha value is -1.06. The molecule has 2 amide bonds. The molecule has 2 saturated heterocycles. The van der Waals surface area contributed by atoms with Gasteiger partial charge in [0.25, 0.3) is 0 Å². The molecule has 124 valence electrons. The molecule has 1 saturated carbocycles. The molecule has 1 aliphatic carbocycles. The predicted molar refractivity (Wildman–Crippen MR) is 86.3 cm³/mol. The molecule has 0 spiro atoms. The molecule has 0 aromatic heterocycles. The molecule has 3 rings (SSSR count). The molecular weight excluding hydrogens is 276 g/mol. The third-order valence-corrected chi connectivity index (χ3v) is 5.74. The van der Waals surface area contributed by atoms with Crippen LogP contribution in [0.5, 0.6) is 0 Å². The molecule has 22 heavy (non-hydrogen) atoms. The Labute approximate surface area is 134 Å². The van der Waals surface area contributed by atoms with Crippen molar-refractivity contribution in [3.05, 3.63) is 0 Å². The van der Waals surface area contributed by atoms with Gasteiger partial charge in [-0.25, -0.2) is 0 Å². The van der Waals surface area contributed by atoms with Crippen LogP contribution in [0.1, 0.15) is 64.7 Å². The first-order valence-corrected chi connectivity index (χ1v) is 9.23. The van der Waals surface area contributed by atoms with Crippen molar-refractivity contribution in [2.24, 2.45) is 11.8 Å². The molecular formula is C18H30N2O2. The van der Waals surface area contributed by atoms with Gasteiger partial charge in [0.05, 0.1) is 5.92 Å². The van der Waals surface area contributed by atoms with Gasteiger partial charge in [0.15, 0.2) is 0 Å². The quantitative estimate of drug-likeness (QED) is 0.736. The lowest BCUT2D eigenvalue weighted by atomic mass is 9.98. The number of hydrogen-bond acceptors (Lipinski definition) is 2. The van der Waals surface area contributed by atoms with Gasteiger partial charge in [-0.1, -0.05) is 32.6 Å². The van der Waals surface area contributed by atoms with Crippen molar-refractivity contribution in [3.8, 4) is 0 Å². The highest BCUT2D eigenvalue weighted by Crippen LogP contribution is 2.29. The zero-order valence-corrected chi connectivity index (χ0v) is 13.9. The van der Waals surface area contributed by atoms with Crippen molar-refractivity contribution in [2.45, 2.75) is 70.8 Å². The van der Waals surface area contributed by atoms with E-state index in [4.69, 9.17) is 0 Å². The predicted octanol–water partition coefficient (Wildman–Crippen LogP) is 2.82. The van der Waals surface area contributed by atoms with Crippen LogP contribution >= 0.6 is 0 Å². The maximum absolute atomic E-state index is 12.7. The second kappa shape index (κ2) is 7.01. The summed E-state index contributed by atoms with van der Waals surface area (Å²) in [6.07, 6.45) is 10.1. The van der Waals surface area contributed by atoms with E-state index in [-0.39, 0.29) is 17.7 Å². The van der Waals surface area contributed by atoms with Crippen LogP contribution in [-0.2, 0) is 9.59 Å². The van der Waals surface area contributed by atoms with E-state index in [2.05, 4.69) is 6.92 Å². The average molecular weight is 306 g/mol. The summed E-state index contributed by atoms with van der Waals surface area (Å²) in [6.45, 7) is 4.66. The first kappa shape index (κ1) is 15.8. The van der Waals surface area contributed by atoms with E-state index in [1.807, 2.05) is 9.80 Å². The largest absolute Gasteiger partial charge is 0.342 e. The van der Waals surface area contributed by atoms with Crippen LogP contribution in [0.25, 0.3) is 0 Å². The molecule has 2 unspecified atom stereocenters. The van der Waals surface area contributed by atoms with E-state index in [0.29, 0.717) is 24.9 Å². The number of carbonyl (C=O) groups is 2. The SMILES string of the molecule is CC1CCCN(C(=O)C2CC(=O)N(C3CCCCCC3)C2)C1. The van der Waals surface area contributed by atoms with Crippen LogP contribution < -0.4 is 0 Å². The maximum Gasteiger partial charge on any atom is 0.228 e. The van der Waals surface area contributed by atoms with Gasteiger partial charge in [-0.3, -0.25) is 9.59 Å². The Morgan fingerprint density at radius 3 is 2.41 bits per heavy atom. The average Bonchev–Trinajstić information content (AvgIpc) is 2.73. The van der Waals surface area contributed by atoms with Crippen molar-refractivity contribution in [3.63, 3.8) is 0 Å². The van der Waals surface area contributed by atoms with Crippen LogP contribution in [0, 0.1) is 11.8 Å². The fourth-order valence-electron chi connectivity index (χ4n) is 4.47. The number of carbonyl (C=O) groups excluding carboxylic acids is 2. The zero-order valence-electron chi connectivity index (χ0n) is 13.9. The third-order valence-electron chi connectivity index (χ3n) is 5.74. The number of rotatable bonds is 2.